The van der Waals surface area contributed by atoms with Gasteiger partial charge in [0.15, 0.2) is 5.82 Å². The minimum absolute atomic E-state index is 0.195. The molecule has 3 heterocycles. The Morgan fingerprint density at radius 2 is 1.88 bits per heavy atom. The van der Waals surface area contributed by atoms with Crippen molar-refractivity contribution >= 4 is 17.5 Å². The number of amides is 1. The fourth-order valence-electron chi connectivity index (χ4n) is 4.78. The van der Waals surface area contributed by atoms with E-state index in [1.54, 1.807) is 6.20 Å². The summed E-state index contributed by atoms with van der Waals surface area (Å²) in [5.74, 6) is 3.15. The van der Waals surface area contributed by atoms with Gasteiger partial charge in [0.25, 0.3) is 0 Å². The number of nitrogens with zero attached hydrogens (tertiary/aromatic N) is 3. The van der Waals surface area contributed by atoms with Crippen LogP contribution in [0.4, 0.5) is 11.6 Å². The first-order valence-corrected chi connectivity index (χ1v) is 12.3. The van der Waals surface area contributed by atoms with E-state index in [2.05, 4.69) is 49.1 Å². The number of rotatable bonds is 8. The molecule has 2 aromatic rings. The van der Waals surface area contributed by atoms with Crippen LogP contribution >= 0.6 is 0 Å². The molecule has 9 nitrogen and oxygen atoms in total. The van der Waals surface area contributed by atoms with Crippen LogP contribution < -0.4 is 16.0 Å². The molecule has 178 valence electrons. The summed E-state index contributed by atoms with van der Waals surface area (Å²) in [6, 6.07) is 4.62. The highest BCUT2D eigenvalue weighted by Crippen LogP contribution is 2.39. The number of aromatic amines is 1. The number of nitrogens with one attached hydrogen (secondary N) is 4. The van der Waals surface area contributed by atoms with Gasteiger partial charge in [0.2, 0.25) is 5.91 Å². The van der Waals surface area contributed by atoms with Gasteiger partial charge in [-0.25, -0.2) is 9.97 Å². The van der Waals surface area contributed by atoms with Crippen molar-refractivity contribution in [1.82, 2.24) is 30.8 Å². The van der Waals surface area contributed by atoms with Crippen LogP contribution in [-0.2, 0) is 16.1 Å². The van der Waals surface area contributed by atoms with Crippen molar-refractivity contribution in [2.45, 2.75) is 82.8 Å². The van der Waals surface area contributed by atoms with Crippen molar-refractivity contribution in [2.24, 2.45) is 5.41 Å². The fourth-order valence-corrected chi connectivity index (χ4v) is 4.78. The van der Waals surface area contributed by atoms with Gasteiger partial charge < -0.3 is 20.7 Å². The maximum Gasteiger partial charge on any atom is 0.226 e. The van der Waals surface area contributed by atoms with E-state index in [1.165, 1.54) is 18.5 Å². The lowest BCUT2D eigenvalue weighted by Gasteiger charge is -2.35. The smallest absolute Gasteiger partial charge is 0.226 e. The van der Waals surface area contributed by atoms with Gasteiger partial charge in [-0.05, 0) is 57.4 Å². The Bertz CT molecular complexity index is 944. The highest BCUT2D eigenvalue weighted by Gasteiger charge is 2.36. The number of carbonyl (C=O) groups is 1. The Kier molecular flexibility index (Phi) is 6.59. The predicted molar refractivity (Wildman–Crippen MR) is 125 cm³/mol. The van der Waals surface area contributed by atoms with Crippen LogP contribution in [0.5, 0.6) is 0 Å². The average Bonchev–Trinajstić information content (AvgIpc) is 3.58. The second kappa shape index (κ2) is 9.77. The zero-order chi connectivity index (χ0) is 22.7. The van der Waals surface area contributed by atoms with E-state index >= 15 is 0 Å². The third kappa shape index (κ3) is 5.70. The third-order valence-corrected chi connectivity index (χ3v) is 7.33. The molecule has 1 saturated heterocycles. The third-order valence-electron chi connectivity index (χ3n) is 7.33. The van der Waals surface area contributed by atoms with Crippen LogP contribution in [0.1, 0.15) is 75.7 Å². The Morgan fingerprint density at radius 3 is 2.64 bits per heavy atom. The van der Waals surface area contributed by atoms with Crippen molar-refractivity contribution < 1.29 is 9.53 Å². The first-order valence-electron chi connectivity index (χ1n) is 12.3. The number of H-pyrrole nitrogens is 1. The lowest BCUT2D eigenvalue weighted by Crippen LogP contribution is -2.48. The molecule has 3 aliphatic rings. The average molecular weight is 454 g/mol. The Balaban J connectivity index is 1.06. The van der Waals surface area contributed by atoms with Crippen LogP contribution in [0.25, 0.3) is 0 Å². The SMILES string of the molecule is CC1(C(=O)NC2CCC(NCc3nccc(Nc4cc(C5CC5)[nH]n4)n3)CC2)CCOCC1. The summed E-state index contributed by atoms with van der Waals surface area (Å²) < 4.78 is 5.42. The lowest BCUT2D eigenvalue weighted by atomic mass is 9.80. The van der Waals surface area contributed by atoms with Crippen LogP contribution in [0.2, 0.25) is 0 Å². The molecule has 0 aromatic carbocycles. The monoisotopic (exact) mass is 453 g/mol. The Morgan fingerprint density at radius 1 is 1.12 bits per heavy atom. The zero-order valence-corrected chi connectivity index (χ0v) is 19.4. The van der Waals surface area contributed by atoms with Crippen LogP contribution in [0, 0.1) is 5.41 Å². The van der Waals surface area contributed by atoms with Gasteiger partial charge in [-0.15, -0.1) is 0 Å². The van der Waals surface area contributed by atoms with Gasteiger partial charge >= 0.3 is 0 Å². The van der Waals surface area contributed by atoms with E-state index in [0.29, 0.717) is 31.7 Å². The number of hydrogen-bond acceptors (Lipinski definition) is 7. The van der Waals surface area contributed by atoms with Crippen LogP contribution in [-0.4, -0.2) is 51.4 Å². The highest BCUT2D eigenvalue weighted by atomic mass is 16.5. The number of aromatic nitrogens is 4. The largest absolute Gasteiger partial charge is 0.381 e. The highest BCUT2D eigenvalue weighted by molar-refractivity contribution is 5.82. The Labute approximate surface area is 194 Å². The zero-order valence-electron chi connectivity index (χ0n) is 19.4. The van der Waals surface area contributed by atoms with Crippen molar-refractivity contribution in [2.75, 3.05) is 18.5 Å². The standard InChI is InChI=1S/C24H35N7O2/c1-24(9-12-33-13-10-24)23(32)27-18-6-4-17(5-7-18)26-15-22-25-11-8-20(29-22)28-21-14-19(30-31-21)16-2-3-16/h8,11,14,16-18,26H,2-7,9-10,12-13,15H2,1H3,(H,27,32)(H2,25,28,29,30,31). The van der Waals surface area contributed by atoms with Crippen LogP contribution in [0.3, 0.4) is 0 Å². The molecule has 0 spiro atoms. The topological polar surface area (TPSA) is 117 Å². The number of hydrogen-bond donors (Lipinski definition) is 4. The normalized spacial score (nSPS) is 24.9. The second-order valence-electron chi connectivity index (χ2n) is 10.0. The predicted octanol–water partition coefficient (Wildman–Crippen LogP) is 3.15. The van der Waals surface area contributed by atoms with E-state index in [9.17, 15) is 4.79 Å². The summed E-state index contributed by atoms with van der Waals surface area (Å²) in [4.78, 5) is 21.8. The van der Waals surface area contributed by atoms with Crippen molar-refractivity contribution in [3.05, 3.63) is 29.8 Å². The summed E-state index contributed by atoms with van der Waals surface area (Å²) >= 11 is 0. The fraction of sp³-hybridized carbons (Fsp3) is 0.667. The molecule has 1 amide bonds. The lowest BCUT2D eigenvalue weighted by molar-refractivity contribution is -0.136. The number of ether oxygens (including phenoxy) is 1. The molecule has 33 heavy (non-hydrogen) atoms. The summed E-state index contributed by atoms with van der Waals surface area (Å²) in [6.45, 7) is 4.06. The molecule has 0 radical (unpaired) electrons. The first-order chi connectivity index (χ1) is 16.1. The van der Waals surface area contributed by atoms with Crippen molar-refractivity contribution in [1.29, 1.82) is 0 Å². The van der Waals surface area contributed by atoms with E-state index in [1.807, 2.05) is 6.07 Å². The van der Waals surface area contributed by atoms with Gasteiger partial charge in [0.05, 0.1) is 12.0 Å². The van der Waals surface area contributed by atoms with E-state index in [0.717, 1.165) is 56.0 Å². The molecule has 5 rings (SSSR count). The molecule has 0 bridgehead atoms. The molecule has 3 fully saturated rings. The molecule has 9 heteroatoms. The summed E-state index contributed by atoms with van der Waals surface area (Å²) in [5, 5.41) is 17.6. The van der Waals surface area contributed by atoms with Crippen molar-refractivity contribution in [3.63, 3.8) is 0 Å². The Hall–Kier alpha value is -2.52. The molecule has 0 atom stereocenters. The molecule has 1 aliphatic heterocycles. The van der Waals surface area contributed by atoms with Gasteiger partial charge in [-0.1, -0.05) is 6.92 Å². The second-order valence-corrected chi connectivity index (χ2v) is 10.0. The first kappa shape index (κ1) is 22.3. The van der Waals surface area contributed by atoms with Gasteiger partial charge in [0.1, 0.15) is 11.6 Å². The maximum absolute atomic E-state index is 12.8. The molecule has 2 saturated carbocycles. The summed E-state index contributed by atoms with van der Waals surface area (Å²) in [7, 11) is 0. The quantitative estimate of drug-likeness (QED) is 0.485. The summed E-state index contributed by atoms with van der Waals surface area (Å²) in [6.07, 6.45) is 9.98. The molecule has 2 aliphatic carbocycles. The van der Waals surface area contributed by atoms with Crippen LogP contribution in [0.15, 0.2) is 18.3 Å². The van der Waals surface area contributed by atoms with E-state index < -0.39 is 0 Å². The maximum atomic E-state index is 12.8. The minimum atomic E-state index is -0.279. The molecule has 0 unspecified atom stereocenters. The number of carbonyl (C=O) groups excluding carboxylic acids is 1. The number of anilines is 2. The van der Waals surface area contributed by atoms with Gasteiger partial charge in [0, 0.05) is 49.2 Å². The van der Waals surface area contributed by atoms with Gasteiger partial charge in [-0.3, -0.25) is 9.89 Å². The molecular weight excluding hydrogens is 418 g/mol. The molecule has 4 N–H and O–H groups in total. The molecular formula is C24H35N7O2. The minimum Gasteiger partial charge on any atom is -0.381 e. The van der Waals surface area contributed by atoms with E-state index in [4.69, 9.17) is 4.74 Å². The summed E-state index contributed by atoms with van der Waals surface area (Å²) in [5.41, 5.74) is 0.918. The van der Waals surface area contributed by atoms with E-state index in [-0.39, 0.29) is 17.4 Å². The molecule has 2 aromatic heterocycles. The van der Waals surface area contributed by atoms with Crippen molar-refractivity contribution in [3.8, 4) is 0 Å². The van der Waals surface area contributed by atoms with Gasteiger partial charge in [-0.2, -0.15) is 5.10 Å².